The molecule has 0 amide bonds. The van der Waals surface area contributed by atoms with E-state index in [2.05, 4.69) is 6.92 Å². The molecule has 0 aliphatic heterocycles. The van der Waals surface area contributed by atoms with E-state index in [4.69, 9.17) is 0 Å². The van der Waals surface area contributed by atoms with Gasteiger partial charge in [0.25, 0.3) is 0 Å². The van der Waals surface area contributed by atoms with Gasteiger partial charge in [0.2, 0.25) is 0 Å². The van der Waals surface area contributed by atoms with Crippen LogP contribution in [0.1, 0.15) is 122 Å². The molecule has 4 heteroatoms. The molecule has 138 valence electrons. The maximum atomic E-state index is 10.4. The maximum Gasteiger partial charge on any atom is 1.00 e. The predicted molar refractivity (Wildman–Crippen MR) is 101 cm³/mol. The van der Waals surface area contributed by atoms with Crippen LogP contribution in [-0.4, -0.2) is 6.16 Å². The van der Waals surface area contributed by atoms with Crippen molar-refractivity contribution in [2.45, 2.75) is 122 Å². The smallest absolute Gasteiger partial charge is 0.596 e. The summed E-state index contributed by atoms with van der Waals surface area (Å²) in [5, 5.41) is 0. The summed E-state index contributed by atoms with van der Waals surface area (Å²) in [6, 6.07) is 0. The van der Waals surface area contributed by atoms with E-state index in [9.17, 15) is 9.46 Å². The minimum absolute atomic E-state index is 0. The zero-order valence-corrected chi connectivity index (χ0v) is 19.6. The molecule has 0 aliphatic carbocycles. The predicted octanol–water partition coefficient (Wildman–Crippen LogP) is 4.13. The van der Waals surface area contributed by atoms with E-state index < -0.39 is 8.03 Å². The van der Waals surface area contributed by atoms with Crippen molar-refractivity contribution in [3.05, 3.63) is 0 Å². The summed E-state index contributed by atoms with van der Waals surface area (Å²) in [5.74, 6) is 0. The van der Waals surface area contributed by atoms with Gasteiger partial charge in [0.15, 0.2) is 0 Å². The first-order chi connectivity index (χ1) is 11.3. The monoisotopic (exact) mass is 367 g/mol. The summed E-state index contributed by atoms with van der Waals surface area (Å²) in [4.78, 5) is 10.4. The average molecular weight is 368 g/mol. The van der Waals surface area contributed by atoms with Gasteiger partial charge in [-0.05, 0) is 12.8 Å². The Labute approximate surface area is 175 Å². The van der Waals surface area contributed by atoms with E-state index in [0.717, 1.165) is 12.8 Å². The van der Waals surface area contributed by atoms with Crippen molar-refractivity contribution in [1.82, 2.24) is 0 Å². The molecule has 0 radical (unpaired) electrons. The SMILES string of the molecule is CCCCCCCCCCCCCCCCCCCC[P+](=O)[O-].[Na+]. The standard InChI is InChI=1S/C20H41O2P.Na/c1-2-3-4-5-6-7-8-9-10-11-12-13-14-15-16-17-18-19-20-23(21)22;/h2-20H2,1H3;/q;+1. The molecule has 24 heavy (non-hydrogen) atoms. The van der Waals surface area contributed by atoms with E-state index in [1.165, 1.54) is 103 Å². The Bertz CT molecular complexity index is 250. The van der Waals surface area contributed by atoms with Crippen molar-refractivity contribution in [2.75, 3.05) is 6.16 Å². The van der Waals surface area contributed by atoms with E-state index in [1.807, 2.05) is 0 Å². The van der Waals surface area contributed by atoms with Gasteiger partial charge in [-0.1, -0.05) is 114 Å². The molecule has 0 rings (SSSR count). The van der Waals surface area contributed by atoms with Crippen molar-refractivity contribution in [3.8, 4) is 0 Å². The van der Waals surface area contributed by atoms with Crippen LogP contribution in [-0.2, 0) is 4.57 Å². The molecule has 0 saturated carbocycles. The second-order valence-corrected chi connectivity index (χ2v) is 8.18. The van der Waals surface area contributed by atoms with Crippen molar-refractivity contribution < 1.29 is 39.0 Å². The van der Waals surface area contributed by atoms with Crippen LogP contribution in [0.15, 0.2) is 0 Å². The van der Waals surface area contributed by atoms with Crippen LogP contribution in [0.4, 0.5) is 0 Å². The molecule has 0 N–H and O–H groups in total. The quantitative estimate of drug-likeness (QED) is 0.196. The van der Waals surface area contributed by atoms with Crippen LogP contribution in [0, 0.1) is 0 Å². The molecule has 1 unspecified atom stereocenters. The Morgan fingerprint density at radius 2 is 0.792 bits per heavy atom. The third kappa shape index (κ3) is 25.3. The van der Waals surface area contributed by atoms with Gasteiger partial charge in [0, 0.05) is 0 Å². The molecule has 1 atom stereocenters. The summed E-state index contributed by atoms with van der Waals surface area (Å²) in [5.41, 5.74) is 0. The third-order valence-corrected chi connectivity index (χ3v) is 5.38. The second kappa shape index (κ2) is 24.1. The number of hydrogen-bond donors (Lipinski definition) is 0. The second-order valence-electron chi connectivity index (χ2n) is 7.07. The Morgan fingerprint density at radius 3 is 1.04 bits per heavy atom. The van der Waals surface area contributed by atoms with Gasteiger partial charge in [-0.15, -0.1) is 0 Å². The average Bonchev–Trinajstić information content (AvgIpc) is 2.53. The fraction of sp³-hybridized carbons (Fsp3) is 1.00. The van der Waals surface area contributed by atoms with Crippen LogP contribution < -0.4 is 34.5 Å². The fourth-order valence-corrected chi connectivity index (χ4v) is 3.62. The number of hydrogen-bond acceptors (Lipinski definition) is 2. The summed E-state index contributed by atoms with van der Waals surface area (Å²) >= 11 is 0. The van der Waals surface area contributed by atoms with Crippen LogP contribution >= 0.6 is 8.03 Å². The molecule has 0 saturated heterocycles. The van der Waals surface area contributed by atoms with Crippen molar-refractivity contribution in [1.29, 1.82) is 0 Å². The van der Waals surface area contributed by atoms with E-state index in [0.29, 0.717) is 6.16 Å². The zero-order chi connectivity index (χ0) is 17.0. The Hall–Kier alpha value is 1.06. The third-order valence-electron chi connectivity index (χ3n) is 4.69. The van der Waals surface area contributed by atoms with Crippen LogP contribution in [0.3, 0.4) is 0 Å². The van der Waals surface area contributed by atoms with Gasteiger partial charge in [-0.25, -0.2) is 0 Å². The first-order valence-electron chi connectivity index (χ1n) is 10.4. The molecule has 0 fully saturated rings. The normalized spacial score (nSPS) is 11.3. The van der Waals surface area contributed by atoms with Crippen LogP contribution in [0.2, 0.25) is 0 Å². The van der Waals surface area contributed by atoms with Gasteiger partial charge in [0.05, 0.1) is 0 Å². The van der Waals surface area contributed by atoms with Gasteiger partial charge in [-0.2, -0.15) is 0 Å². The topological polar surface area (TPSA) is 40.1 Å². The van der Waals surface area contributed by atoms with E-state index in [-0.39, 0.29) is 29.6 Å². The Morgan fingerprint density at radius 1 is 0.542 bits per heavy atom. The van der Waals surface area contributed by atoms with E-state index >= 15 is 0 Å². The maximum absolute atomic E-state index is 10.4. The Balaban J connectivity index is 0. The van der Waals surface area contributed by atoms with Gasteiger partial charge in [0.1, 0.15) is 6.16 Å². The summed E-state index contributed by atoms with van der Waals surface area (Å²) in [6.45, 7) is 2.28. The Kier molecular flexibility index (Phi) is 27.3. The molecule has 0 aromatic heterocycles. The first kappa shape index (κ1) is 27.3. The first-order valence-corrected chi connectivity index (χ1v) is 11.8. The van der Waals surface area contributed by atoms with Crippen molar-refractivity contribution in [2.24, 2.45) is 0 Å². The summed E-state index contributed by atoms with van der Waals surface area (Å²) in [6.07, 6.45) is 24.6. The molecular formula is C20H41NaO2P+. The van der Waals surface area contributed by atoms with Crippen molar-refractivity contribution >= 4 is 8.03 Å². The molecule has 0 aliphatic rings. The van der Waals surface area contributed by atoms with Gasteiger partial charge >= 0.3 is 37.6 Å². The summed E-state index contributed by atoms with van der Waals surface area (Å²) in [7, 11) is -2.14. The molecule has 0 aromatic rings. The minimum Gasteiger partial charge on any atom is -0.596 e. The minimum atomic E-state index is -2.14. The largest absolute Gasteiger partial charge is 1.00 e. The fourth-order valence-electron chi connectivity index (χ4n) is 3.14. The van der Waals surface area contributed by atoms with Crippen LogP contribution in [0.5, 0.6) is 0 Å². The molecule has 0 bridgehead atoms. The molecular weight excluding hydrogens is 326 g/mol. The molecule has 0 heterocycles. The number of unbranched alkanes of at least 4 members (excludes halogenated alkanes) is 17. The van der Waals surface area contributed by atoms with Gasteiger partial charge in [-0.3, -0.25) is 0 Å². The van der Waals surface area contributed by atoms with Crippen molar-refractivity contribution in [3.63, 3.8) is 0 Å². The summed E-state index contributed by atoms with van der Waals surface area (Å²) < 4.78 is 10.4. The molecule has 0 aromatic carbocycles. The molecule has 2 nitrogen and oxygen atoms in total. The van der Waals surface area contributed by atoms with E-state index in [1.54, 1.807) is 0 Å². The number of rotatable bonds is 19. The van der Waals surface area contributed by atoms with Crippen LogP contribution in [0.25, 0.3) is 0 Å². The van der Waals surface area contributed by atoms with Gasteiger partial charge < -0.3 is 4.89 Å². The zero-order valence-electron chi connectivity index (χ0n) is 16.7. The molecule has 0 spiro atoms.